The van der Waals surface area contributed by atoms with E-state index in [1.807, 2.05) is 47.4 Å². The number of aryl methyl sites for hydroxylation is 1. The Balaban J connectivity index is 1.84. The molecule has 0 aliphatic carbocycles. The van der Waals surface area contributed by atoms with E-state index in [9.17, 15) is 0 Å². The van der Waals surface area contributed by atoms with Gasteiger partial charge in [0.1, 0.15) is 17.8 Å². The summed E-state index contributed by atoms with van der Waals surface area (Å²) < 4.78 is 10.8. The molecule has 5 nitrogen and oxygen atoms in total. The zero-order chi connectivity index (χ0) is 17.4. The van der Waals surface area contributed by atoms with Crippen molar-refractivity contribution in [3.05, 3.63) is 77.6 Å². The fraction of sp³-hybridized carbons (Fsp3) is 0.150. The highest BCUT2D eigenvalue weighted by Gasteiger charge is 2.34. The van der Waals surface area contributed by atoms with Crippen LogP contribution in [0.4, 0.5) is 11.6 Å². The Morgan fingerprint density at radius 1 is 1.08 bits per heavy atom. The van der Waals surface area contributed by atoms with Gasteiger partial charge in [-0.15, -0.1) is 0 Å². The number of furan rings is 1. The molecule has 25 heavy (non-hydrogen) atoms. The Hall–Kier alpha value is -3.21. The zero-order valence-corrected chi connectivity index (χ0v) is 14.1. The van der Waals surface area contributed by atoms with Crippen LogP contribution < -0.4 is 15.0 Å². The molecule has 126 valence electrons. The number of benzene rings is 2. The fourth-order valence-electron chi connectivity index (χ4n) is 3.19. The minimum Gasteiger partial charge on any atom is -0.497 e. The van der Waals surface area contributed by atoms with Crippen molar-refractivity contribution in [2.24, 2.45) is 0 Å². The minimum absolute atomic E-state index is 0.222. The molecule has 0 radical (unpaired) electrons. The number of fused-ring (bicyclic) bond motifs is 1. The molecule has 1 unspecified atom stereocenters. The standard InChI is InChI=1S/C20H19N3O2/c1-13-5-3-4-6-16(13)19-22-20-17(11-12-25-20)18(21)23(19)14-7-9-15(24-2)10-8-14/h3-12,19,21-22H,1-2H3. The monoisotopic (exact) mass is 333 g/mol. The van der Waals surface area contributed by atoms with Gasteiger partial charge in [0.15, 0.2) is 0 Å². The number of rotatable bonds is 3. The molecule has 3 aromatic rings. The third-order valence-electron chi connectivity index (χ3n) is 4.52. The van der Waals surface area contributed by atoms with Gasteiger partial charge < -0.3 is 19.4 Å². The molecule has 0 bridgehead atoms. The summed E-state index contributed by atoms with van der Waals surface area (Å²) in [6.45, 7) is 2.07. The molecule has 1 aromatic heterocycles. The van der Waals surface area contributed by atoms with E-state index in [0.717, 1.165) is 28.1 Å². The van der Waals surface area contributed by atoms with Crippen molar-refractivity contribution in [3.8, 4) is 5.75 Å². The van der Waals surface area contributed by atoms with Crippen LogP contribution in [-0.4, -0.2) is 12.9 Å². The second-order valence-electron chi connectivity index (χ2n) is 5.98. The van der Waals surface area contributed by atoms with Crippen molar-refractivity contribution in [1.29, 1.82) is 5.41 Å². The average Bonchev–Trinajstić information content (AvgIpc) is 3.11. The Morgan fingerprint density at radius 3 is 2.56 bits per heavy atom. The van der Waals surface area contributed by atoms with Gasteiger partial charge in [0.05, 0.1) is 18.9 Å². The van der Waals surface area contributed by atoms with Crippen LogP contribution in [0.1, 0.15) is 22.9 Å². The van der Waals surface area contributed by atoms with Gasteiger partial charge in [0.2, 0.25) is 5.88 Å². The second kappa shape index (κ2) is 6.02. The van der Waals surface area contributed by atoms with Crippen molar-refractivity contribution in [2.75, 3.05) is 17.3 Å². The molecule has 0 fully saturated rings. The van der Waals surface area contributed by atoms with Gasteiger partial charge in [0, 0.05) is 5.69 Å². The summed E-state index contributed by atoms with van der Waals surface area (Å²) in [6, 6.07) is 17.7. The van der Waals surface area contributed by atoms with Crippen LogP contribution in [0.5, 0.6) is 5.75 Å². The quantitative estimate of drug-likeness (QED) is 0.738. The Bertz CT molecular complexity index is 915. The highest BCUT2D eigenvalue weighted by Crippen LogP contribution is 2.38. The summed E-state index contributed by atoms with van der Waals surface area (Å²) in [5, 5.41) is 12.2. The molecule has 2 heterocycles. The van der Waals surface area contributed by atoms with Crippen molar-refractivity contribution >= 4 is 17.4 Å². The van der Waals surface area contributed by atoms with Gasteiger partial charge >= 0.3 is 0 Å². The first-order valence-corrected chi connectivity index (χ1v) is 8.11. The number of nitrogens with zero attached hydrogens (tertiary/aromatic N) is 1. The summed E-state index contributed by atoms with van der Waals surface area (Å²) in [5.41, 5.74) is 3.92. The van der Waals surface area contributed by atoms with Crippen molar-refractivity contribution < 1.29 is 9.15 Å². The summed E-state index contributed by atoms with van der Waals surface area (Å²) in [7, 11) is 1.65. The van der Waals surface area contributed by atoms with Crippen LogP contribution in [0.3, 0.4) is 0 Å². The maximum atomic E-state index is 8.73. The van der Waals surface area contributed by atoms with Crippen LogP contribution in [-0.2, 0) is 0 Å². The van der Waals surface area contributed by atoms with E-state index in [1.54, 1.807) is 13.4 Å². The smallest absolute Gasteiger partial charge is 0.205 e. The van der Waals surface area contributed by atoms with Crippen LogP contribution in [0.15, 0.2) is 65.3 Å². The lowest BCUT2D eigenvalue weighted by Gasteiger charge is -2.38. The number of hydrogen-bond donors (Lipinski definition) is 2. The van der Waals surface area contributed by atoms with E-state index in [2.05, 4.69) is 24.4 Å². The topological polar surface area (TPSA) is 61.5 Å². The summed E-state index contributed by atoms with van der Waals surface area (Å²) >= 11 is 0. The lowest BCUT2D eigenvalue weighted by molar-refractivity contribution is 0.415. The lowest BCUT2D eigenvalue weighted by Crippen LogP contribution is -2.43. The number of ether oxygens (including phenoxy) is 1. The summed E-state index contributed by atoms with van der Waals surface area (Å²) in [6.07, 6.45) is 1.39. The lowest BCUT2D eigenvalue weighted by atomic mass is 10.0. The van der Waals surface area contributed by atoms with Gasteiger partial charge in [-0.1, -0.05) is 24.3 Å². The fourth-order valence-corrected chi connectivity index (χ4v) is 3.19. The van der Waals surface area contributed by atoms with Gasteiger partial charge in [-0.25, -0.2) is 0 Å². The first-order valence-electron chi connectivity index (χ1n) is 8.11. The van der Waals surface area contributed by atoms with Crippen molar-refractivity contribution in [3.63, 3.8) is 0 Å². The Morgan fingerprint density at radius 2 is 1.84 bits per heavy atom. The van der Waals surface area contributed by atoms with Crippen molar-refractivity contribution in [2.45, 2.75) is 13.1 Å². The van der Waals surface area contributed by atoms with Gasteiger partial charge in [-0.2, -0.15) is 0 Å². The molecule has 0 saturated heterocycles. The Labute approximate surface area is 146 Å². The predicted octanol–water partition coefficient (Wildman–Crippen LogP) is 4.55. The second-order valence-corrected chi connectivity index (χ2v) is 5.98. The average molecular weight is 333 g/mol. The molecule has 2 N–H and O–H groups in total. The number of anilines is 2. The van der Waals surface area contributed by atoms with Gasteiger partial charge in [-0.05, 0) is 48.4 Å². The number of amidine groups is 1. The first kappa shape index (κ1) is 15.3. The molecule has 4 rings (SSSR count). The van der Waals surface area contributed by atoms with E-state index in [4.69, 9.17) is 14.6 Å². The molecular formula is C20H19N3O2. The summed E-state index contributed by atoms with van der Waals surface area (Å²) in [4.78, 5) is 1.97. The van der Waals surface area contributed by atoms with E-state index in [-0.39, 0.29) is 6.17 Å². The third kappa shape index (κ3) is 2.54. The number of nitrogens with one attached hydrogen (secondary N) is 2. The highest BCUT2D eigenvalue weighted by molar-refractivity contribution is 6.13. The number of methoxy groups -OCH3 is 1. The molecule has 1 aliphatic heterocycles. The van der Waals surface area contributed by atoms with Gasteiger partial charge in [0.25, 0.3) is 0 Å². The highest BCUT2D eigenvalue weighted by atomic mass is 16.5. The molecule has 1 atom stereocenters. The molecule has 0 spiro atoms. The zero-order valence-electron chi connectivity index (χ0n) is 14.1. The predicted molar refractivity (Wildman–Crippen MR) is 98.6 cm³/mol. The van der Waals surface area contributed by atoms with E-state index < -0.39 is 0 Å². The largest absolute Gasteiger partial charge is 0.497 e. The molecule has 5 heteroatoms. The first-order chi connectivity index (χ1) is 12.2. The molecule has 1 aliphatic rings. The summed E-state index contributed by atoms with van der Waals surface area (Å²) in [5.74, 6) is 1.82. The van der Waals surface area contributed by atoms with E-state index >= 15 is 0 Å². The molecule has 0 amide bonds. The SMILES string of the molecule is COc1ccc(N2C(=N)c3ccoc3NC2c2ccccc2C)cc1. The third-order valence-corrected chi connectivity index (χ3v) is 4.52. The van der Waals surface area contributed by atoms with Crippen LogP contribution >= 0.6 is 0 Å². The maximum absolute atomic E-state index is 8.73. The molecule has 0 saturated carbocycles. The minimum atomic E-state index is -0.222. The number of hydrogen-bond acceptors (Lipinski definition) is 4. The normalized spacial score (nSPS) is 16.3. The van der Waals surface area contributed by atoms with E-state index in [1.165, 1.54) is 0 Å². The Kier molecular flexibility index (Phi) is 3.69. The van der Waals surface area contributed by atoms with Gasteiger partial charge in [-0.3, -0.25) is 5.41 Å². The van der Waals surface area contributed by atoms with Crippen molar-refractivity contribution in [1.82, 2.24) is 0 Å². The molecule has 2 aromatic carbocycles. The van der Waals surface area contributed by atoms with Crippen LogP contribution in [0.2, 0.25) is 0 Å². The van der Waals surface area contributed by atoms with E-state index in [0.29, 0.717) is 11.7 Å². The molecular weight excluding hydrogens is 314 g/mol. The van der Waals surface area contributed by atoms with Crippen LogP contribution in [0.25, 0.3) is 0 Å². The maximum Gasteiger partial charge on any atom is 0.205 e. The van der Waals surface area contributed by atoms with Crippen LogP contribution in [0, 0.1) is 12.3 Å².